The van der Waals surface area contributed by atoms with Crippen molar-refractivity contribution in [3.8, 4) is 0 Å². The van der Waals surface area contributed by atoms with Gasteiger partial charge in [-0.15, -0.1) is 0 Å². The average molecular weight is 288 g/mol. The van der Waals surface area contributed by atoms with E-state index in [-0.39, 0.29) is 16.7 Å². The molecule has 1 aromatic heterocycles. The van der Waals surface area contributed by atoms with E-state index in [1.54, 1.807) is 25.3 Å². The van der Waals surface area contributed by atoms with Crippen LogP contribution in [0.3, 0.4) is 0 Å². The maximum absolute atomic E-state index is 11.0. The summed E-state index contributed by atoms with van der Waals surface area (Å²) in [4.78, 5) is 10.6. The molecule has 0 fully saturated rings. The van der Waals surface area contributed by atoms with Crippen LogP contribution in [0.5, 0.6) is 0 Å². The Labute approximate surface area is 123 Å². The molecule has 6 heteroatoms. The second-order valence-electron chi connectivity index (χ2n) is 5.10. The standard InChI is InChI=1S/C15H20N4O2/c1-12-5-6-14(11-15(12)19(20)21)13(2)16-7-3-9-18-10-4-8-17-18/h4-6,8,10-11,13,16H,3,7,9H2,1-2H3/t13-/m0/s1. The van der Waals surface area contributed by atoms with Crippen molar-refractivity contribution in [2.45, 2.75) is 32.9 Å². The lowest BCUT2D eigenvalue weighted by Crippen LogP contribution is -2.21. The molecule has 0 saturated heterocycles. The normalized spacial score (nSPS) is 12.3. The molecule has 0 aliphatic carbocycles. The summed E-state index contributed by atoms with van der Waals surface area (Å²) in [5.41, 5.74) is 1.80. The fourth-order valence-electron chi connectivity index (χ4n) is 2.20. The van der Waals surface area contributed by atoms with Crippen molar-refractivity contribution in [2.75, 3.05) is 6.54 Å². The fourth-order valence-corrected chi connectivity index (χ4v) is 2.20. The van der Waals surface area contributed by atoms with Crippen molar-refractivity contribution in [2.24, 2.45) is 0 Å². The third-order valence-electron chi connectivity index (χ3n) is 3.50. The largest absolute Gasteiger partial charge is 0.310 e. The molecule has 1 heterocycles. The number of rotatable bonds is 7. The summed E-state index contributed by atoms with van der Waals surface area (Å²) in [6.07, 6.45) is 4.66. The van der Waals surface area contributed by atoms with Gasteiger partial charge in [0.25, 0.3) is 5.69 Å². The maximum atomic E-state index is 11.0. The molecule has 0 unspecified atom stereocenters. The lowest BCUT2D eigenvalue weighted by Gasteiger charge is -2.14. The number of hydrogen-bond acceptors (Lipinski definition) is 4. The van der Waals surface area contributed by atoms with Crippen molar-refractivity contribution in [1.82, 2.24) is 15.1 Å². The molecular weight excluding hydrogens is 268 g/mol. The predicted octanol–water partition coefficient (Wildman–Crippen LogP) is 2.84. The van der Waals surface area contributed by atoms with E-state index >= 15 is 0 Å². The lowest BCUT2D eigenvalue weighted by molar-refractivity contribution is -0.385. The molecule has 112 valence electrons. The Bertz CT molecular complexity index is 596. The molecule has 21 heavy (non-hydrogen) atoms. The van der Waals surface area contributed by atoms with E-state index in [1.165, 1.54) is 0 Å². The minimum atomic E-state index is -0.330. The molecule has 1 atom stereocenters. The minimum Gasteiger partial charge on any atom is -0.310 e. The summed E-state index contributed by atoms with van der Waals surface area (Å²) in [5.74, 6) is 0. The minimum absolute atomic E-state index is 0.0851. The second-order valence-corrected chi connectivity index (χ2v) is 5.10. The molecule has 2 rings (SSSR count). The fraction of sp³-hybridized carbons (Fsp3) is 0.400. The number of aryl methyl sites for hydroxylation is 2. The molecular formula is C15H20N4O2. The van der Waals surface area contributed by atoms with Gasteiger partial charge in [-0.05, 0) is 38.4 Å². The molecule has 0 aliphatic heterocycles. The molecule has 0 radical (unpaired) electrons. The Kier molecular flexibility index (Phi) is 5.05. The highest BCUT2D eigenvalue weighted by atomic mass is 16.6. The van der Waals surface area contributed by atoms with E-state index < -0.39 is 0 Å². The smallest absolute Gasteiger partial charge is 0.272 e. The van der Waals surface area contributed by atoms with Crippen LogP contribution in [0, 0.1) is 17.0 Å². The van der Waals surface area contributed by atoms with Crippen molar-refractivity contribution < 1.29 is 4.92 Å². The average Bonchev–Trinajstić information content (AvgIpc) is 2.96. The van der Waals surface area contributed by atoms with Gasteiger partial charge < -0.3 is 5.32 Å². The zero-order valence-corrected chi connectivity index (χ0v) is 12.3. The van der Waals surface area contributed by atoms with Gasteiger partial charge >= 0.3 is 0 Å². The van der Waals surface area contributed by atoms with E-state index in [2.05, 4.69) is 10.4 Å². The molecule has 6 nitrogen and oxygen atoms in total. The van der Waals surface area contributed by atoms with Gasteiger partial charge in [0.05, 0.1) is 4.92 Å². The first-order valence-electron chi connectivity index (χ1n) is 7.03. The first-order valence-corrected chi connectivity index (χ1v) is 7.03. The summed E-state index contributed by atoms with van der Waals surface area (Å²) < 4.78 is 1.89. The Morgan fingerprint density at radius 1 is 1.48 bits per heavy atom. The summed E-state index contributed by atoms with van der Waals surface area (Å²) >= 11 is 0. The van der Waals surface area contributed by atoms with Crippen LogP contribution in [-0.4, -0.2) is 21.2 Å². The number of benzene rings is 1. The van der Waals surface area contributed by atoms with Crippen molar-refractivity contribution in [1.29, 1.82) is 0 Å². The molecule has 1 N–H and O–H groups in total. The summed E-state index contributed by atoms with van der Waals surface area (Å²) in [6, 6.07) is 7.38. The third kappa shape index (κ3) is 4.13. The Morgan fingerprint density at radius 3 is 2.95 bits per heavy atom. The zero-order valence-electron chi connectivity index (χ0n) is 12.3. The predicted molar refractivity (Wildman–Crippen MR) is 81.1 cm³/mol. The highest BCUT2D eigenvalue weighted by Crippen LogP contribution is 2.23. The molecule has 0 spiro atoms. The molecule has 1 aromatic carbocycles. The number of aromatic nitrogens is 2. The second kappa shape index (κ2) is 6.99. The SMILES string of the molecule is Cc1ccc([C@H](C)NCCCn2cccn2)cc1[N+](=O)[O-]. The van der Waals surface area contributed by atoms with Crippen LogP contribution < -0.4 is 5.32 Å². The number of nitro groups is 1. The van der Waals surface area contributed by atoms with Crippen LogP contribution in [0.2, 0.25) is 0 Å². The van der Waals surface area contributed by atoms with Crippen LogP contribution in [0.1, 0.15) is 30.5 Å². The van der Waals surface area contributed by atoms with E-state index in [9.17, 15) is 10.1 Å². The van der Waals surface area contributed by atoms with Crippen LogP contribution in [0.15, 0.2) is 36.7 Å². The van der Waals surface area contributed by atoms with Crippen LogP contribution in [0.4, 0.5) is 5.69 Å². The maximum Gasteiger partial charge on any atom is 0.272 e. The molecule has 0 amide bonds. The third-order valence-corrected chi connectivity index (χ3v) is 3.50. The summed E-state index contributed by atoms with van der Waals surface area (Å²) in [6.45, 7) is 5.47. The molecule has 2 aromatic rings. The van der Waals surface area contributed by atoms with E-state index in [4.69, 9.17) is 0 Å². The topological polar surface area (TPSA) is 73.0 Å². The van der Waals surface area contributed by atoms with Crippen LogP contribution in [-0.2, 0) is 6.54 Å². The number of nitrogens with zero attached hydrogens (tertiary/aromatic N) is 3. The Morgan fingerprint density at radius 2 is 2.29 bits per heavy atom. The van der Waals surface area contributed by atoms with Gasteiger partial charge in [-0.1, -0.05) is 12.1 Å². The highest BCUT2D eigenvalue weighted by molar-refractivity contribution is 5.43. The lowest BCUT2D eigenvalue weighted by atomic mass is 10.0. The number of nitro benzene ring substituents is 1. The molecule has 0 bridgehead atoms. The quantitative estimate of drug-likeness (QED) is 0.483. The first kappa shape index (κ1) is 15.2. The Balaban J connectivity index is 1.86. The monoisotopic (exact) mass is 288 g/mol. The van der Waals surface area contributed by atoms with Gasteiger partial charge in [-0.3, -0.25) is 14.8 Å². The Hall–Kier alpha value is -2.21. The van der Waals surface area contributed by atoms with Crippen molar-refractivity contribution in [3.63, 3.8) is 0 Å². The highest BCUT2D eigenvalue weighted by Gasteiger charge is 2.13. The summed E-state index contributed by atoms with van der Waals surface area (Å²) in [7, 11) is 0. The summed E-state index contributed by atoms with van der Waals surface area (Å²) in [5, 5.41) is 18.5. The van der Waals surface area contributed by atoms with Crippen molar-refractivity contribution in [3.05, 3.63) is 57.9 Å². The van der Waals surface area contributed by atoms with Crippen molar-refractivity contribution >= 4 is 5.69 Å². The van der Waals surface area contributed by atoms with Gasteiger partial charge in [0.2, 0.25) is 0 Å². The van der Waals surface area contributed by atoms with Crippen LogP contribution >= 0.6 is 0 Å². The van der Waals surface area contributed by atoms with Crippen LogP contribution in [0.25, 0.3) is 0 Å². The van der Waals surface area contributed by atoms with Gasteiger partial charge in [0.1, 0.15) is 0 Å². The molecule has 0 aliphatic rings. The van der Waals surface area contributed by atoms with Gasteiger partial charge in [-0.2, -0.15) is 5.10 Å². The van der Waals surface area contributed by atoms with Gasteiger partial charge in [0.15, 0.2) is 0 Å². The zero-order chi connectivity index (χ0) is 15.2. The van der Waals surface area contributed by atoms with E-state index in [0.29, 0.717) is 5.56 Å². The van der Waals surface area contributed by atoms with E-state index in [1.807, 2.05) is 29.9 Å². The first-order chi connectivity index (χ1) is 10.1. The molecule has 0 saturated carbocycles. The van der Waals surface area contributed by atoms with Gasteiger partial charge in [0, 0.05) is 36.6 Å². The number of nitrogens with one attached hydrogen (secondary N) is 1. The number of hydrogen-bond donors (Lipinski definition) is 1. The van der Waals surface area contributed by atoms with E-state index in [0.717, 1.165) is 25.1 Å². The van der Waals surface area contributed by atoms with Gasteiger partial charge in [-0.25, -0.2) is 0 Å².